The summed E-state index contributed by atoms with van der Waals surface area (Å²) < 4.78 is 2.02. The van der Waals surface area contributed by atoms with Crippen LogP contribution in [0.25, 0.3) is 11.0 Å². The quantitative estimate of drug-likeness (QED) is 0.769. The topological polar surface area (TPSA) is 71.0 Å². The fourth-order valence-electron chi connectivity index (χ4n) is 2.90. The lowest BCUT2D eigenvalue weighted by Crippen LogP contribution is -2.40. The van der Waals surface area contributed by atoms with Crippen LogP contribution >= 0.6 is 24.8 Å². The number of imidazole rings is 1. The van der Waals surface area contributed by atoms with Gasteiger partial charge in [-0.2, -0.15) is 0 Å². The number of urea groups is 1. The molecule has 1 aromatic heterocycles. The van der Waals surface area contributed by atoms with Crippen LogP contribution in [0.3, 0.4) is 0 Å². The molecule has 3 N–H and O–H groups in total. The lowest BCUT2D eigenvalue weighted by atomic mass is 9.98. The maximum Gasteiger partial charge on any atom is 0.315 e. The lowest BCUT2D eigenvalue weighted by Gasteiger charge is -2.22. The maximum atomic E-state index is 11.9. The van der Waals surface area contributed by atoms with E-state index in [-0.39, 0.29) is 30.8 Å². The van der Waals surface area contributed by atoms with Gasteiger partial charge in [0.05, 0.1) is 17.6 Å². The third-order valence-corrected chi connectivity index (χ3v) is 4.30. The number of carbonyl (C=O) groups is 1. The van der Waals surface area contributed by atoms with Gasteiger partial charge in [0.2, 0.25) is 0 Å². The molecule has 2 heterocycles. The van der Waals surface area contributed by atoms with Gasteiger partial charge in [-0.3, -0.25) is 0 Å². The van der Waals surface area contributed by atoms with Gasteiger partial charge in [0.1, 0.15) is 5.82 Å². The van der Waals surface area contributed by atoms with Crippen molar-refractivity contribution >= 4 is 41.9 Å². The third kappa shape index (κ3) is 5.00. The fourth-order valence-corrected chi connectivity index (χ4v) is 2.90. The molecule has 2 amide bonds. The summed E-state index contributed by atoms with van der Waals surface area (Å²) in [6.07, 6.45) is 2.26. The number of rotatable bonds is 4. The van der Waals surface area contributed by atoms with E-state index in [0.29, 0.717) is 12.5 Å². The summed E-state index contributed by atoms with van der Waals surface area (Å²) in [6, 6.07) is 7.86. The van der Waals surface area contributed by atoms with Crippen molar-refractivity contribution in [2.45, 2.75) is 19.4 Å². The van der Waals surface area contributed by atoms with Crippen molar-refractivity contribution in [1.82, 2.24) is 25.5 Å². The second-order valence-corrected chi connectivity index (χ2v) is 5.83. The molecular weight excluding hydrogens is 349 g/mol. The average Bonchev–Trinajstić information content (AvgIpc) is 2.88. The largest absolute Gasteiger partial charge is 0.338 e. The molecule has 0 unspecified atom stereocenters. The van der Waals surface area contributed by atoms with E-state index in [9.17, 15) is 4.79 Å². The Balaban J connectivity index is 0.00000144. The Labute approximate surface area is 154 Å². The van der Waals surface area contributed by atoms with Gasteiger partial charge < -0.3 is 20.5 Å². The number of hydrogen-bond acceptors (Lipinski definition) is 3. The van der Waals surface area contributed by atoms with Gasteiger partial charge in [0.25, 0.3) is 0 Å². The number of carbonyl (C=O) groups excluding carboxylic acids is 1. The van der Waals surface area contributed by atoms with Crippen molar-refractivity contribution in [2.24, 2.45) is 13.0 Å². The highest BCUT2D eigenvalue weighted by atomic mass is 35.5. The molecule has 24 heavy (non-hydrogen) atoms. The van der Waals surface area contributed by atoms with E-state index < -0.39 is 0 Å². The molecule has 1 aliphatic heterocycles. The Morgan fingerprint density at radius 1 is 1.25 bits per heavy atom. The van der Waals surface area contributed by atoms with Crippen LogP contribution in [0.1, 0.15) is 18.7 Å². The molecule has 1 aliphatic rings. The van der Waals surface area contributed by atoms with Crippen molar-refractivity contribution in [3.05, 3.63) is 30.1 Å². The molecular formula is C16H25Cl2N5O. The Morgan fingerprint density at radius 2 is 1.96 bits per heavy atom. The van der Waals surface area contributed by atoms with Crippen molar-refractivity contribution in [1.29, 1.82) is 0 Å². The lowest BCUT2D eigenvalue weighted by molar-refractivity contribution is 0.236. The predicted octanol–water partition coefficient (Wildman–Crippen LogP) is 2.22. The summed E-state index contributed by atoms with van der Waals surface area (Å²) in [5.41, 5.74) is 2.03. The van der Waals surface area contributed by atoms with E-state index >= 15 is 0 Å². The molecule has 134 valence electrons. The molecule has 0 aliphatic carbocycles. The SMILES string of the molecule is Cl.Cl.Cn1c(CNC(=O)NCC2CCNCC2)nc2ccccc21. The molecule has 1 aromatic carbocycles. The van der Waals surface area contributed by atoms with Crippen molar-refractivity contribution in [2.75, 3.05) is 19.6 Å². The molecule has 6 nitrogen and oxygen atoms in total. The van der Waals surface area contributed by atoms with Gasteiger partial charge in [0.15, 0.2) is 0 Å². The minimum atomic E-state index is -0.120. The smallest absolute Gasteiger partial charge is 0.315 e. The van der Waals surface area contributed by atoms with Gasteiger partial charge >= 0.3 is 6.03 Å². The van der Waals surface area contributed by atoms with Gasteiger partial charge in [-0.05, 0) is 44.0 Å². The van der Waals surface area contributed by atoms with Crippen LogP contribution in [0, 0.1) is 5.92 Å². The van der Waals surface area contributed by atoms with E-state index in [2.05, 4.69) is 20.9 Å². The molecule has 0 saturated carbocycles. The van der Waals surface area contributed by atoms with Crippen LogP contribution in [0.4, 0.5) is 4.79 Å². The van der Waals surface area contributed by atoms with Gasteiger partial charge in [-0.25, -0.2) is 9.78 Å². The molecule has 0 spiro atoms. The third-order valence-electron chi connectivity index (χ3n) is 4.30. The zero-order valence-corrected chi connectivity index (χ0v) is 15.4. The Bertz CT molecular complexity index is 655. The summed E-state index contributed by atoms with van der Waals surface area (Å²) in [5.74, 6) is 1.45. The first kappa shape index (κ1) is 20.5. The van der Waals surface area contributed by atoms with Crippen LogP contribution in [-0.4, -0.2) is 35.2 Å². The predicted molar refractivity (Wildman–Crippen MR) is 101 cm³/mol. The Kier molecular flexibility index (Phi) is 8.31. The minimum Gasteiger partial charge on any atom is -0.338 e. The van der Waals surface area contributed by atoms with Crippen molar-refractivity contribution in [3.63, 3.8) is 0 Å². The van der Waals surface area contributed by atoms with Gasteiger partial charge in [-0.1, -0.05) is 12.1 Å². The van der Waals surface area contributed by atoms with Crippen LogP contribution in [-0.2, 0) is 13.6 Å². The molecule has 8 heteroatoms. The van der Waals surface area contributed by atoms with Crippen molar-refractivity contribution in [3.8, 4) is 0 Å². The monoisotopic (exact) mass is 373 g/mol. The number of aromatic nitrogens is 2. The zero-order chi connectivity index (χ0) is 15.4. The number of nitrogens with zero attached hydrogens (tertiary/aromatic N) is 2. The summed E-state index contributed by atoms with van der Waals surface area (Å²) in [5, 5.41) is 9.18. The molecule has 1 fully saturated rings. The van der Waals surface area contributed by atoms with E-state index in [1.165, 1.54) is 0 Å². The van der Waals surface area contributed by atoms with E-state index in [1.807, 2.05) is 35.9 Å². The van der Waals surface area contributed by atoms with E-state index in [1.54, 1.807) is 0 Å². The summed E-state index contributed by atoms with van der Waals surface area (Å²) in [6.45, 7) is 3.28. The van der Waals surface area contributed by atoms with E-state index in [0.717, 1.165) is 49.3 Å². The highest BCUT2D eigenvalue weighted by Crippen LogP contribution is 2.14. The first-order valence-corrected chi connectivity index (χ1v) is 7.87. The molecule has 3 rings (SSSR count). The Morgan fingerprint density at radius 3 is 2.67 bits per heavy atom. The standard InChI is InChI=1S/C16H23N5O.2ClH/c1-21-14-5-3-2-4-13(14)20-15(21)11-19-16(22)18-10-12-6-8-17-9-7-12;;/h2-5,12,17H,6-11H2,1H3,(H2,18,19,22);2*1H. The number of benzene rings is 1. The second-order valence-electron chi connectivity index (χ2n) is 5.83. The van der Waals surface area contributed by atoms with Crippen LogP contribution in [0.2, 0.25) is 0 Å². The van der Waals surface area contributed by atoms with Gasteiger partial charge in [0, 0.05) is 13.6 Å². The summed E-state index contributed by atoms with van der Waals surface area (Å²) in [4.78, 5) is 16.5. The number of para-hydroxylation sites is 2. The number of amides is 2. The summed E-state index contributed by atoms with van der Waals surface area (Å²) >= 11 is 0. The maximum absolute atomic E-state index is 11.9. The number of fused-ring (bicyclic) bond motifs is 1. The van der Waals surface area contributed by atoms with Crippen LogP contribution in [0.15, 0.2) is 24.3 Å². The molecule has 0 atom stereocenters. The fraction of sp³-hybridized carbons (Fsp3) is 0.500. The first-order valence-electron chi connectivity index (χ1n) is 7.87. The number of halogens is 2. The molecule has 0 radical (unpaired) electrons. The number of hydrogen-bond donors (Lipinski definition) is 3. The zero-order valence-electron chi connectivity index (χ0n) is 13.7. The molecule has 2 aromatic rings. The van der Waals surface area contributed by atoms with Crippen molar-refractivity contribution < 1.29 is 4.79 Å². The van der Waals surface area contributed by atoms with Crippen LogP contribution < -0.4 is 16.0 Å². The number of nitrogens with one attached hydrogen (secondary N) is 3. The average molecular weight is 374 g/mol. The highest BCUT2D eigenvalue weighted by Gasteiger charge is 2.14. The second kappa shape index (κ2) is 9.71. The number of aryl methyl sites for hydroxylation is 1. The number of piperidine rings is 1. The molecule has 1 saturated heterocycles. The van der Waals surface area contributed by atoms with Gasteiger partial charge in [-0.15, -0.1) is 24.8 Å². The van der Waals surface area contributed by atoms with E-state index in [4.69, 9.17) is 0 Å². The first-order chi connectivity index (χ1) is 10.7. The van der Waals surface area contributed by atoms with Crippen LogP contribution in [0.5, 0.6) is 0 Å². The molecule has 0 bridgehead atoms. The Hall–Kier alpha value is -1.50. The summed E-state index contributed by atoms with van der Waals surface area (Å²) in [7, 11) is 1.97. The minimum absolute atomic E-state index is 0. The highest BCUT2D eigenvalue weighted by molar-refractivity contribution is 5.85. The normalized spacial score (nSPS) is 14.5.